The summed E-state index contributed by atoms with van der Waals surface area (Å²) in [6, 6.07) is -0.0739. The van der Waals surface area contributed by atoms with Crippen LogP contribution in [0.4, 0.5) is 0 Å². The molecule has 23 heavy (non-hydrogen) atoms. The van der Waals surface area contributed by atoms with Crippen molar-refractivity contribution in [3.8, 4) is 0 Å². The molecule has 0 spiro atoms. The number of rotatable bonds is 7. The summed E-state index contributed by atoms with van der Waals surface area (Å²) in [5.74, 6) is -2.85. The average Bonchev–Trinajstić information content (AvgIpc) is 2.50. The lowest BCUT2D eigenvalue weighted by atomic mass is 10.1. The molecule has 1 atom stereocenters. The summed E-state index contributed by atoms with van der Waals surface area (Å²) >= 11 is 0. The second kappa shape index (κ2) is 9.43. The number of hydrogen-bond donors (Lipinski definition) is 3. The van der Waals surface area contributed by atoms with Crippen molar-refractivity contribution >= 4 is 17.9 Å². The van der Waals surface area contributed by atoms with Crippen LogP contribution in [0.1, 0.15) is 13.3 Å². The molecule has 132 valence electrons. The molecule has 9 nitrogen and oxygen atoms in total. The van der Waals surface area contributed by atoms with Crippen LogP contribution in [-0.4, -0.2) is 106 Å². The lowest BCUT2D eigenvalue weighted by molar-refractivity contribution is -0.140. The van der Waals surface area contributed by atoms with Crippen LogP contribution >= 0.6 is 0 Å². The van der Waals surface area contributed by atoms with E-state index in [-0.39, 0.29) is 25.7 Å². The summed E-state index contributed by atoms with van der Waals surface area (Å²) in [6.07, 6.45) is 0.697. The fourth-order valence-electron chi connectivity index (χ4n) is 2.81. The molecule has 9 heteroatoms. The molecule has 3 N–H and O–H groups in total. The Bertz CT molecular complexity index is 431. The summed E-state index contributed by atoms with van der Waals surface area (Å²) in [5, 5.41) is 27.1. The van der Waals surface area contributed by atoms with E-state index in [1.54, 1.807) is 14.7 Å². The Hall–Kier alpha value is -1.71. The Morgan fingerprint density at radius 2 is 1.30 bits per heavy atom. The molecule has 1 saturated heterocycles. The first-order chi connectivity index (χ1) is 10.8. The quantitative estimate of drug-likeness (QED) is 0.536. The van der Waals surface area contributed by atoms with Gasteiger partial charge in [-0.25, -0.2) is 0 Å². The molecule has 0 aromatic rings. The van der Waals surface area contributed by atoms with E-state index >= 15 is 0 Å². The molecular formula is C14H25N3O6. The summed E-state index contributed by atoms with van der Waals surface area (Å²) in [6.45, 7) is 3.74. The second-order valence-corrected chi connectivity index (χ2v) is 5.73. The minimum absolute atomic E-state index is 0.0739. The van der Waals surface area contributed by atoms with Gasteiger partial charge in [-0.05, 0) is 6.42 Å². The van der Waals surface area contributed by atoms with Crippen molar-refractivity contribution in [3.63, 3.8) is 0 Å². The molecule has 0 amide bonds. The van der Waals surface area contributed by atoms with E-state index in [0.29, 0.717) is 39.1 Å². The summed E-state index contributed by atoms with van der Waals surface area (Å²) in [4.78, 5) is 38.3. The maximum atomic E-state index is 11.1. The Labute approximate surface area is 135 Å². The molecule has 0 aliphatic carbocycles. The zero-order chi connectivity index (χ0) is 17.4. The van der Waals surface area contributed by atoms with E-state index in [0.717, 1.165) is 0 Å². The maximum absolute atomic E-state index is 11.1. The predicted molar refractivity (Wildman–Crippen MR) is 81.4 cm³/mol. The third-order valence-electron chi connectivity index (χ3n) is 3.95. The van der Waals surface area contributed by atoms with Crippen molar-refractivity contribution in [1.29, 1.82) is 0 Å². The van der Waals surface area contributed by atoms with Gasteiger partial charge in [-0.2, -0.15) is 0 Å². The normalized spacial score (nSPS) is 22.0. The first-order valence-electron chi connectivity index (χ1n) is 7.66. The molecule has 1 heterocycles. The van der Waals surface area contributed by atoms with Gasteiger partial charge in [0.15, 0.2) is 0 Å². The lowest BCUT2D eigenvalue weighted by Gasteiger charge is -2.32. The lowest BCUT2D eigenvalue weighted by Crippen LogP contribution is -2.47. The average molecular weight is 331 g/mol. The van der Waals surface area contributed by atoms with Crippen molar-refractivity contribution in [1.82, 2.24) is 14.7 Å². The van der Waals surface area contributed by atoms with Gasteiger partial charge < -0.3 is 15.3 Å². The maximum Gasteiger partial charge on any atom is 0.317 e. The van der Waals surface area contributed by atoms with Crippen molar-refractivity contribution in [2.45, 2.75) is 19.4 Å². The van der Waals surface area contributed by atoms with Crippen molar-refractivity contribution < 1.29 is 29.7 Å². The summed E-state index contributed by atoms with van der Waals surface area (Å²) in [7, 11) is 0. The summed E-state index contributed by atoms with van der Waals surface area (Å²) in [5.41, 5.74) is 0. The van der Waals surface area contributed by atoms with E-state index in [4.69, 9.17) is 15.3 Å². The number of hydrogen-bond acceptors (Lipinski definition) is 6. The third kappa shape index (κ3) is 7.40. The molecule has 1 aliphatic heterocycles. The first kappa shape index (κ1) is 19.3. The topological polar surface area (TPSA) is 122 Å². The molecule has 0 aromatic carbocycles. The second-order valence-electron chi connectivity index (χ2n) is 5.73. The van der Waals surface area contributed by atoms with Crippen LogP contribution in [-0.2, 0) is 14.4 Å². The molecule has 0 aromatic heterocycles. The van der Waals surface area contributed by atoms with E-state index < -0.39 is 17.9 Å². The smallest absolute Gasteiger partial charge is 0.317 e. The monoisotopic (exact) mass is 331 g/mol. The Kier molecular flexibility index (Phi) is 7.93. The van der Waals surface area contributed by atoms with Gasteiger partial charge in [-0.1, -0.05) is 6.92 Å². The van der Waals surface area contributed by atoms with Gasteiger partial charge in [0.05, 0.1) is 19.6 Å². The van der Waals surface area contributed by atoms with Gasteiger partial charge in [0.2, 0.25) is 0 Å². The fourth-order valence-corrected chi connectivity index (χ4v) is 2.81. The largest absolute Gasteiger partial charge is 0.480 e. The van der Waals surface area contributed by atoms with Crippen LogP contribution in [0, 0.1) is 0 Å². The Balaban J connectivity index is 2.89. The molecule has 0 radical (unpaired) electrons. The van der Waals surface area contributed by atoms with Crippen molar-refractivity contribution in [3.05, 3.63) is 0 Å². The molecule has 1 aliphatic rings. The standard InChI is InChI=1S/C14H25N3O6/c1-2-11-7-16(9-13(20)21)4-3-15(8-12(18)19)5-6-17(11)10-14(22)23/h11H,2-10H2,1H3,(H,18,19)(H,20,21)(H,22,23). The zero-order valence-electron chi connectivity index (χ0n) is 13.3. The fraction of sp³-hybridized carbons (Fsp3) is 0.786. The highest BCUT2D eigenvalue weighted by Crippen LogP contribution is 2.10. The van der Waals surface area contributed by atoms with Gasteiger partial charge in [0, 0.05) is 38.8 Å². The van der Waals surface area contributed by atoms with E-state index in [2.05, 4.69) is 0 Å². The highest BCUT2D eigenvalue weighted by Gasteiger charge is 2.26. The molecule has 1 fully saturated rings. The molecule has 0 bridgehead atoms. The van der Waals surface area contributed by atoms with Crippen LogP contribution < -0.4 is 0 Å². The molecule has 1 unspecified atom stereocenters. The van der Waals surface area contributed by atoms with Crippen LogP contribution in [0.5, 0.6) is 0 Å². The van der Waals surface area contributed by atoms with Crippen molar-refractivity contribution in [2.24, 2.45) is 0 Å². The van der Waals surface area contributed by atoms with Crippen LogP contribution in [0.2, 0.25) is 0 Å². The number of carbonyl (C=O) groups is 3. The Morgan fingerprint density at radius 3 is 1.83 bits per heavy atom. The first-order valence-corrected chi connectivity index (χ1v) is 7.66. The van der Waals surface area contributed by atoms with Crippen LogP contribution in [0.25, 0.3) is 0 Å². The van der Waals surface area contributed by atoms with E-state index in [1.807, 2.05) is 6.92 Å². The number of carboxylic acid groups (broad SMARTS) is 3. The van der Waals surface area contributed by atoms with Crippen molar-refractivity contribution in [2.75, 3.05) is 52.4 Å². The Morgan fingerprint density at radius 1 is 0.826 bits per heavy atom. The SMILES string of the molecule is CCC1CN(CC(=O)O)CCN(CC(=O)O)CCN1CC(=O)O. The minimum atomic E-state index is -0.953. The zero-order valence-corrected chi connectivity index (χ0v) is 13.3. The highest BCUT2D eigenvalue weighted by molar-refractivity contribution is 5.70. The predicted octanol–water partition coefficient (Wildman–Crippen LogP) is -1.06. The van der Waals surface area contributed by atoms with Gasteiger partial charge in [-0.15, -0.1) is 0 Å². The summed E-state index contributed by atoms with van der Waals surface area (Å²) < 4.78 is 0. The number of nitrogens with zero attached hydrogens (tertiary/aromatic N) is 3. The number of carboxylic acids is 3. The minimum Gasteiger partial charge on any atom is -0.480 e. The molecule has 0 saturated carbocycles. The van der Waals surface area contributed by atoms with E-state index in [9.17, 15) is 14.4 Å². The third-order valence-corrected chi connectivity index (χ3v) is 3.95. The van der Waals surface area contributed by atoms with Crippen LogP contribution in [0.15, 0.2) is 0 Å². The van der Waals surface area contributed by atoms with Gasteiger partial charge in [-0.3, -0.25) is 29.1 Å². The van der Waals surface area contributed by atoms with Gasteiger partial charge in [0.25, 0.3) is 0 Å². The molecule has 1 rings (SSSR count). The van der Waals surface area contributed by atoms with Crippen LogP contribution in [0.3, 0.4) is 0 Å². The number of aliphatic carboxylic acids is 3. The van der Waals surface area contributed by atoms with Gasteiger partial charge in [0.1, 0.15) is 0 Å². The van der Waals surface area contributed by atoms with Gasteiger partial charge >= 0.3 is 17.9 Å². The van der Waals surface area contributed by atoms with E-state index in [1.165, 1.54) is 0 Å². The molecular weight excluding hydrogens is 306 g/mol. The highest BCUT2D eigenvalue weighted by atomic mass is 16.4.